The summed E-state index contributed by atoms with van der Waals surface area (Å²) in [6.45, 7) is 8.91. The van der Waals surface area contributed by atoms with Crippen LogP contribution in [0, 0.1) is 11.3 Å². The van der Waals surface area contributed by atoms with Crippen LogP contribution in [-0.2, 0) is 0 Å². The van der Waals surface area contributed by atoms with Gasteiger partial charge in [0.2, 0.25) is 0 Å². The second-order valence-corrected chi connectivity index (χ2v) is 13.6. The lowest BCUT2D eigenvalue weighted by atomic mass is 9.98. The summed E-state index contributed by atoms with van der Waals surface area (Å²) < 4.78 is 2.03. The molecule has 1 aliphatic heterocycles. The van der Waals surface area contributed by atoms with Gasteiger partial charge in [-0.15, -0.1) is 5.10 Å². The van der Waals surface area contributed by atoms with E-state index in [2.05, 4.69) is 68.9 Å². The highest BCUT2D eigenvalue weighted by atomic mass is 35.5. The number of aromatic nitrogens is 5. The molecule has 0 bridgehead atoms. The Kier molecular flexibility index (Phi) is 9.01. The predicted octanol–water partition coefficient (Wildman–Crippen LogP) is 7.52. The zero-order valence-corrected chi connectivity index (χ0v) is 26.7. The largest absolute Gasteiger partial charge is 0.381 e. The van der Waals surface area contributed by atoms with Gasteiger partial charge in [-0.05, 0) is 70.2 Å². The Morgan fingerprint density at radius 3 is 2.50 bits per heavy atom. The lowest BCUT2D eigenvalue weighted by Crippen LogP contribution is -2.46. The van der Waals surface area contributed by atoms with Crippen molar-refractivity contribution in [1.82, 2.24) is 29.9 Å². The Morgan fingerprint density at radius 2 is 1.82 bits per heavy atom. The van der Waals surface area contributed by atoms with E-state index < -0.39 is 0 Å². The molecule has 1 unspecified atom stereocenters. The van der Waals surface area contributed by atoms with E-state index in [1.165, 1.54) is 25.7 Å². The number of nitriles is 1. The average molecular weight is 612 g/mol. The zero-order valence-electron chi connectivity index (χ0n) is 25.9. The van der Waals surface area contributed by atoms with Crippen molar-refractivity contribution in [1.29, 1.82) is 5.26 Å². The summed E-state index contributed by atoms with van der Waals surface area (Å²) in [5, 5.41) is 28.0. The van der Waals surface area contributed by atoms with Gasteiger partial charge in [0.15, 0.2) is 0 Å². The molecule has 3 aromatic heterocycles. The maximum atomic E-state index is 10.0. The van der Waals surface area contributed by atoms with E-state index in [1.807, 2.05) is 35.1 Å². The molecule has 2 N–H and O–H groups in total. The smallest absolute Gasteiger partial charge is 0.110 e. The second-order valence-electron chi connectivity index (χ2n) is 13.2. The fourth-order valence-electron chi connectivity index (χ4n) is 6.65. The molecule has 1 aromatic carbocycles. The van der Waals surface area contributed by atoms with Gasteiger partial charge in [-0.25, -0.2) is 4.68 Å². The van der Waals surface area contributed by atoms with Crippen LogP contribution in [0.5, 0.6) is 0 Å². The van der Waals surface area contributed by atoms with E-state index >= 15 is 0 Å². The normalized spacial score (nSPS) is 18.1. The Morgan fingerprint density at radius 1 is 1.05 bits per heavy atom. The van der Waals surface area contributed by atoms with Crippen LogP contribution in [-0.4, -0.2) is 54.5 Å². The zero-order chi connectivity index (χ0) is 30.7. The lowest BCUT2D eigenvalue weighted by molar-refractivity contribution is 0.0866. The van der Waals surface area contributed by atoms with Crippen molar-refractivity contribution in [3.05, 3.63) is 70.9 Å². The van der Waals surface area contributed by atoms with Crippen LogP contribution >= 0.6 is 11.6 Å². The van der Waals surface area contributed by atoms with Gasteiger partial charge in [0, 0.05) is 54.3 Å². The molecule has 9 nitrogen and oxygen atoms in total. The Hall–Kier alpha value is -3.74. The molecule has 1 saturated heterocycles. The Bertz CT molecular complexity index is 1610. The molecule has 1 saturated carbocycles. The van der Waals surface area contributed by atoms with Crippen LogP contribution in [0.3, 0.4) is 0 Å². The monoisotopic (exact) mass is 611 g/mol. The molecule has 1 atom stereocenters. The number of nitrogens with zero attached hydrogens (tertiary/aromatic N) is 7. The van der Waals surface area contributed by atoms with E-state index in [0.717, 1.165) is 66.8 Å². The number of likely N-dealkylation sites (tertiary alicyclic amines) is 1. The Balaban J connectivity index is 1.32. The predicted molar refractivity (Wildman–Crippen MR) is 176 cm³/mol. The molecule has 4 aromatic rings. The van der Waals surface area contributed by atoms with Crippen molar-refractivity contribution in [3.8, 4) is 6.07 Å². The minimum absolute atomic E-state index is 0.170. The van der Waals surface area contributed by atoms with Gasteiger partial charge in [-0.3, -0.25) is 14.9 Å². The van der Waals surface area contributed by atoms with Crippen LogP contribution < -0.4 is 10.6 Å². The lowest BCUT2D eigenvalue weighted by Gasteiger charge is -2.40. The minimum Gasteiger partial charge on any atom is -0.381 e. The van der Waals surface area contributed by atoms with Crippen LogP contribution in [0.2, 0.25) is 5.02 Å². The Labute approximate surface area is 265 Å². The van der Waals surface area contributed by atoms with E-state index in [9.17, 15) is 5.26 Å². The summed E-state index contributed by atoms with van der Waals surface area (Å²) in [7, 11) is 0. The number of hydrogen-bond donors (Lipinski definition) is 2. The average Bonchev–Trinajstić information content (AvgIpc) is 3.37. The summed E-state index contributed by atoms with van der Waals surface area (Å²) in [5.41, 5.74) is 4.78. The number of benzene rings is 1. The van der Waals surface area contributed by atoms with Crippen molar-refractivity contribution in [3.63, 3.8) is 0 Å². The number of nitrogens with one attached hydrogen (secondary N) is 2. The number of anilines is 2. The number of hydrogen-bond acceptors (Lipinski definition) is 8. The second kappa shape index (κ2) is 13.1. The van der Waals surface area contributed by atoms with Crippen LogP contribution in [0.1, 0.15) is 101 Å². The van der Waals surface area contributed by atoms with Gasteiger partial charge in [-0.2, -0.15) is 5.26 Å². The third-order valence-corrected chi connectivity index (χ3v) is 9.48. The van der Waals surface area contributed by atoms with Gasteiger partial charge in [-0.1, -0.05) is 48.6 Å². The number of piperidine rings is 1. The molecule has 2 aliphatic rings. The molecule has 0 radical (unpaired) electrons. The molecule has 230 valence electrons. The maximum absolute atomic E-state index is 10.0. The van der Waals surface area contributed by atoms with E-state index in [-0.39, 0.29) is 11.6 Å². The highest BCUT2D eigenvalue weighted by molar-refractivity contribution is 6.35. The molecule has 10 heteroatoms. The van der Waals surface area contributed by atoms with Crippen molar-refractivity contribution >= 4 is 33.9 Å². The van der Waals surface area contributed by atoms with Gasteiger partial charge in [0.1, 0.15) is 11.8 Å². The first-order valence-corrected chi connectivity index (χ1v) is 16.3. The van der Waals surface area contributed by atoms with Crippen LogP contribution in [0.15, 0.2) is 49.1 Å². The van der Waals surface area contributed by atoms with Crippen molar-refractivity contribution in [2.24, 2.45) is 0 Å². The van der Waals surface area contributed by atoms with Gasteiger partial charge >= 0.3 is 0 Å². The topological polar surface area (TPSA) is 108 Å². The first-order valence-electron chi connectivity index (χ1n) is 15.9. The van der Waals surface area contributed by atoms with Gasteiger partial charge in [0.05, 0.1) is 40.1 Å². The summed E-state index contributed by atoms with van der Waals surface area (Å²) >= 11 is 6.86. The standard InChI is InChI=1S/C34H42ClN9/c1-34(2,3)43-15-12-27(13-16-43)44-22-30(41-42-44)32(23-9-8-14-37-20-23)40-26-17-28-31(39-25-10-6-4-5-7-11-25)24(19-36)21-38-33(28)29(35)18-26/h8-9,14,17-18,20-22,25,27,32,40H,4-7,10-13,15-16H2,1-3H3,(H,38,39). The van der Waals surface area contributed by atoms with Crippen LogP contribution in [0.4, 0.5) is 11.4 Å². The van der Waals surface area contributed by atoms with Gasteiger partial charge in [0.25, 0.3) is 0 Å². The molecule has 6 rings (SSSR count). The third kappa shape index (κ3) is 6.67. The molecule has 2 fully saturated rings. The molecule has 0 amide bonds. The van der Waals surface area contributed by atoms with E-state index in [4.69, 9.17) is 11.6 Å². The summed E-state index contributed by atoms with van der Waals surface area (Å²) in [4.78, 5) is 11.5. The molecular weight excluding hydrogens is 570 g/mol. The van der Waals surface area contributed by atoms with E-state index in [0.29, 0.717) is 28.2 Å². The summed E-state index contributed by atoms with van der Waals surface area (Å²) in [6, 6.07) is 10.6. The van der Waals surface area contributed by atoms with E-state index in [1.54, 1.807) is 12.4 Å². The number of fused-ring (bicyclic) bond motifs is 1. The highest BCUT2D eigenvalue weighted by Crippen LogP contribution is 2.37. The number of pyridine rings is 2. The summed E-state index contributed by atoms with van der Waals surface area (Å²) in [5.74, 6) is 0. The fraction of sp³-hybridized carbons (Fsp3) is 0.500. The molecule has 44 heavy (non-hydrogen) atoms. The quantitative estimate of drug-likeness (QED) is 0.207. The van der Waals surface area contributed by atoms with Crippen molar-refractivity contribution in [2.75, 3.05) is 23.7 Å². The highest BCUT2D eigenvalue weighted by Gasteiger charge is 2.29. The molecular formula is C34H42ClN9. The SMILES string of the molecule is CC(C)(C)N1CCC(n2cc(C(Nc3cc(Cl)c4ncc(C#N)c(NC5CCCCCC5)c4c3)c3cccnc3)nn2)CC1. The number of halogens is 1. The minimum atomic E-state index is -0.300. The molecule has 0 spiro atoms. The first kappa shape index (κ1) is 30.3. The third-order valence-electron chi connectivity index (χ3n) is 9.19. The number of rotatable bonds is 7. The molecule has 4 heterocycles. The first-order chi connectivity index (χ1) is 21.3. The summed E-state index contributed by atoms with van der Waals surface area (Å²) in [6.07, 6.45) is 16.5. The maximum Gasteiger partial charge on any atom is 0.110 e. The van der Waals surface area contributed by atoms with Crippen molar-refractivity contribution < 1.29 is 0 Å². The van der Waals surface area contributed by atoms with Gasteiger partial charge < -0.3 is 10.6 Å². The fourth-order valence-corrected chi connectivity index (χ4v) is 6.92. The molecule has 1 aliphatic carbocycles. The van der Waals surface area contributed by atoms with Crippen molar-refractivity contribution in [2.45, 2.75) is 95.8 Å². The van der Waals surface area contributed by atoms with Crippen LogP contribution in [0.25, 0.3) is 10.9 Å².